The van der Waals surface area contributed by atoms with Gasteiger partial charge in [-0.05, 0) is 54.6 Å². The van der Waals surface area contributed by atoms with Gasteiger partial charge in [0.2, 0.25) is 5.91 Å². The zero-order chi connectivity index (χ0) is 33.5. The van der Waals surface area contributed by atoms with E-state index in [1.807, 2.05) is 74.6 Å². The Morgan fingerprint density at radius 3 is 2.49 bits per heavy atom. The van der Waals surface area contributed by atoms with Crippen LogP contribution in [-0.4, -0.2) is 73.4 Å². The smallest absolute Gasteiger partial charge is 0.414 e. The van der Waals surface area contributed by atoms with Gasteiger partial charge in [-0.25, -0.2) is 4.79 Å². The number of carbonyl (C=O) groups is 3. The minimum Gasteiger partial charge on any atom is -0.447 e. The van der Waals surface area contributed by atoms with Gasteiger partial charge in [0.25, 0.3) is 5.91 Å². The van der Waals surface area contributed by atoms with E-state index in [0.717, 1.165) is 11.1 Å². The Labute approximate surface area is 280 Å². The second-order valence-electron chi connectivity index (χ2n) is 13.1. The molecule has 12 heteroatoms. The van der Waals surface area contributed by atoms with Crippen molar-refractivity contribution < 1.29 is 33.8 Å². The monoisotopic (exact) mass is 677 g/mol. The zero-order valence-corrected chi connectivity index (χ0v) is 28.5. The van der Waals surface area contributed by atoms with E-state index < -0.39 is 37.6 Å². The third-order valence-electron chi connectivity index (χ3n) is 9.58. The van der Waals surface area contributed by atoms with Crippen LogP contribution in [0.25, 0.3) is 0 Å². The molecule has 4 atom stereocenters. The second-order valence-corrected chi connectivity index (χ2v) is 17.5. The molecule has 6 rings (SSSR count). The predicted octanol–water partition coefficient (Wildman–Crippen LogP) is 5.05. The molecule has 0 radical (unpaired) electrons. The number of cyclic esters (lactones) is 1. The fraction of sp³-hybridized carbons (Fsp3) is 0.400. The van der Waals surface area contributed by atoms with Gasteiger partial charge in [0.1, 0.15) is 6.61 Å². The first-order valence-corrected chi connectivity index (χ1v) is 19.3. The zero-order valence-electron chi connectivity index (χ0n) is 26.8. The van der Waals surface area contributed by atoms with Gasteiger partial charge in [-0.3, -0.25) is 14.5 Å². The highest BCUT2D eigenvalue weighted by molar-refractivity contribution is 6.71. The van der Waals surface area contributed by atoms with Gasteiger partial charge in [0, 0.05) is 40.8 Å². The second kappa shape index (κ2) is 13.0. The molecule has 47 heavy (non-hydrogen) atoms. The Morgan fingerprint density at radius 2 is 1.81 bits per heavy atom. The molecule has 3 amide bonds. The van der Waals surface area contributed by atoms with E-state index in [9.17, 15) is 24.3 Å². The maximum atomic E-state index is 14.8. The molecule has 2 N–H and O–H groups in total. The summed E-state index contributed by atoms with van der Waals surface area (Å²) in [4.78, 5) is 57.3. The first-order valence-electron chi connectivity index (χ1n) is 15.9. The number of benzene rings is 3. The molecule has 0 bridgehead atoms. The highest BCUT2D eigenvalue weighted by Gasteiger charge is 2.66. The predicted molar refractivity (Wildman–Crippen MR) is 181 cm³/mol. The number of rotatable bonds is 10. The molecule has 2 fully saturated rings. The van der Waals surface area contributed by atoms with Gasteiger partial charge < -0.3 is 29.2 Å². The Kier molecular flexibility index (Phi) is 9.21. The van der Waals surface area contributed by atoms with E-state index >= 15 is 0 Å². The number of hydrogen-bond acceptors (Lipinski definition) is 7. The van der Waals surface area contributed by atoms with E-state index in [1.165, 1.54) is 0 Å². The molecule has 0 aliphatic carbocycles. The van der Waals surface area contributed by atoms with Gasteiger partial charge >= 0.3 is 6.09 Å². The summed E-state index contributed by atoms with van der Waals surface area (Å²) in [5, 5.41) is 10.2. The number of ether oxygens (including phenoxy) is 2. The van der Waals surface area contributed by atoms with Gasteiger partial charge in [-0.15, -0.1) is 0 Å². The fourth-order valence-electron chi connectivity index (χ4n) is 7.56. The molecule has 3 aromatic carbocycles. The number of amides is 3. The first kappa shape index (κ1) is 33.2. The lowest BCUT2D eigenvalue weighted by Crippen LogP contribution is -2.46. The molecule has 10 nitrogen and oxygen atoms in total. The van der Waals surface area contributed by atoms with Crippen molar-refractivity contribution >= 4 is 49.2 Å². The van der Waals surface area contributed by atoms with Crippen LogP contribution < -0.4 is 9.80 Å². The van der Waals surface area contributed by atoms with Gasteiger partial charge in [-0.1, -0.05) is 61.0 Å². The number of aliphatic hydroxyl groups excluding tert-OH is 1. The van der Waals surface area contributed by atoms with E-state index in [1.54, 1.807) is 32.9 Å². The van der Waals surface area contributed by atoms with Crippen molar-refractivity contribution in [1.29, 1.82) is 0 Å². The van der Waals surface area contributed by atoms with Crippen LogP contribution in [0.1, 0.15) is 30.0 Å². The molecule has 2 saturated heterocycles. The number of hydrogen-bond donors (Lipinski definition) is 2. The topological polar surface area (TPSA) is 120 Å². The summed E-state index contributed by atoms with van der Waals surface area (Å²) < 4.78 is 11.9. The summed E-state index contributed by atoms with van der Waals surface area (Å²) in [5.74, 6) is -0.998. The molecule has 0 aromatic heterocycles. The Balaban J connectivity index is 1.33. The van der Waals surface area contributed by atoms with Crippen LogP contribution in [0.2, 0.25) is 23.7 Å². The van der Waals surface area contributed by atoms with Crippen molar-refractivity contribution in [1.82, 2.24) is 4.90 Å². The van der Waals surface area contributed by atoms with Crippen LogP contribution in [0.15, 0.2) is 72.8 Å². The molecular weight excluding hydrogens is 638 g/mol. The number of fused-ring (bicyclic) bond motifs is 2. The fourth-order valence-corrected chi connectivity index (χ4v) is 10.3. The normalized spacial score (nSPS) is 23.8. The van der Waals surface area contributed by atoms with Crippen molar-refractivity contribution in [2.75, 3.05) is 36.1 Å². The Hall–Kier alpha value is -3.74. The standard InChI is InChI=1S/C35H40ClN3O7Si/c1-23-32(47(2,3)44)30(20-31(41)37(14-16-40)21-24-8-5-4-6-9-24)46-35(23)28-19-26(36)12-13-29(28)39(33(35)42)22-25-10-7-11-27(18-25)38-15-17-45-34(38)43/h4-13,18-19,23,30,32,40,44H,14-17,20-22H2,1-3H3/t23-,30+,32-,35+/m0/s1. The Morgan fingerprint density at radius 1 is 1.06 bits per heavy atom. The third kappa shape index (κ3) is 6.18. The third-order valence-corrected chi connectivity index (χ3v) is 12.3. The number of nitrogens with zero attached hydrogens (tertiary/aromatic N) is 3. The lowest BCUT2D eigenvalue weighted by molar-refractivity contribution is -0.150. The van der Waals surface area contributed by atoms with Crippen LogP contribution in [0, 0.1) is 5.92 Å². The van der Waals surface area contributed by atoms with Crippen LogP contribution in [0.5, 0.6) is 0 Å². The van der Waals surface area contributed by atoms with Crippen molar-refractivity contribution in [2.24, 2.45) is 5.92 Å². The number of carbonyl (C=O) groups excluding carboxylic acids is 3. The maximum Gasteiger partial charge on any atom is 0.414 e. The van der Waals surface area contributed by atoms with Gasteiger partial charge in [-0.2, -0.15) is 0 Å². The summed E-state index contributed by atoms with van der Waals surface area (Å²) in [5.41, 5.74) is 1.74. The molecule has 0 saturated carbocycles. The summed E-state index contributed by atoms with van der Waals surface area (Å²) in [6, 6.07) is 22.3. The van der Waals surface area contributed by atoms with Gasteiger partial charge in [0.05, 0.1) is 37.9 Å². The lowest BCUT2D eigenvalue weighted by atomic mass is 9.82. The summed E-state index contributed by atoms with van der Waals surface area (Å²) >= 11 is 6.54. The molecule has 3 aliphatic heterocycles. The SMILES string of the molecule is C[C@H]1[C@H]([Si](C)(C)O)[C@@H](CC(=O)N(CCO)Cc2ccccc2)O[C@]12C(=O)N(Cc1cccc(N3CCOC3=O)c1)c1ccc(Cl)cc12. The summed E-state index contributed by atoms with van der Waals surface area (Å²) in [6.07, 6.45) is -1.21. The number of anilines is 2. The minimum atomic E-state index is -3.03. The maximum absolute atomic E-state index is 14.8. The molecule has 248 valence electrons. The van der Waals surface area contributed by atoms with Crippen molar-refractivity contribution in [3.63, 3.8) is 0 Å². The molecule has 1 spiro atoms. The number of aliphatic hydroxyl groups is 1. The molecule has 0 unspecified atom stereocenters. The van der Waals surface area contributed by atoms with Crippen LogP contribution in [0.4, 0.5) is 16.2 Å². The Bertz CT molecular complexity index is 1670. The van der Waals surface area contributed by atoms with Crippen molar-refractivity contribution in [3.05, 3.63) is 94.5 Å². The van der Waals surface area contributed by atoms with E-state index in [0.29, 0.717) is 41.7 Å². The van der Waals surface area contributed by atoms with E-state index in [4.69, 9.17) is 21.1 Å². The quantitative estimate of drug-likeness (QED) is 0.288. The van der Waals surface area contributed by atoms with E-state index in [2.05, 4.69) is 0 Å². The highest BCUT2D eigenvalue weighted by atomic mass is 35.5. The van der Waals surface area contributed by atoms with Crippen LogP contribution >= 0.6 is 11.6 Å². The molecule has 3 aromatic rings. The molecule has 3 aliphatic rings. The lowest BCUT2D eigenvalue weighted by Gasteiger charge is -2.32. The average molecular weight is 678 g/mol. The number of halogens is 1. The van der Waals surface area contributed by atoms with Crippen LogP contribution in [0.3, 0.4) is 0 Å². The van der Waals surface area contributed by atoms with Crippen molar-refractivity contribution in [3.8, 4) is 0 Å². The van der Waals surface area contributed by atoms with E-state index in [-0.39, 0.29) is 37.9 Å². The first-order chi connectivity index (χ1) is 22.4. The summed E-state index contributed by atoms with van der Waals surface area (Å²) in [6.45, 7) is 6.78. The largest absolute Gasteiger partial charge is 0.447 e. The van der Waals surface area contributed by atoms with Crippen LogP contribution in [-0.2, 0) is 37.8 Å². The van der Waals surface area contributed by atoms with Crippen molar-refractivity contribution in [2.45, 2.75) is 56.8 Å². The molecule has 3 heterocycles. The highest BCUT2D eigenvalue weighted by Crippen LogP contribution is 2.60. The summed E-state index contributed by atoms with van der Waals surface area (Å²) in [7, 11) is -3.03. The average Bonchev–Trinajstić information content (AvgIpc) is 3.66. The minimum absolute atomic E-state index is 0.0578. The van der Waals surface area contributed by atoms with Gasteiger partial charge in [0.15, 0.2) is 13.9 Å². The molecular formula is C35H40ClN3O7Si.